The van der Waals surface area contributed by atoms with Crippen molar-refractivity contribution in [3.05, 3.63) is 44.7 Å². The fourth-order valence-corrected chi connectivity index (χ4v) is 0.654. The molecule has 0 radical (unpaired) electrons. The second-order valence-electron chi connectivity index (χ2n) is 1.82. The molecule has 0 atom stereocenters. The van der Waals surface area contributed by atoms with E-state index in [0.717, 1.165) is 0 Å². The van der Waals surface area contributed by atoms with Crippen LogP contribution >= 0.6 is 0 Å². The Morgan fingerprint density at radius 3 is 1.92 bits per heavy atom. The molecule has 0 aliphatic carbocycles. The molecule has 1 rings (SSSR count). The average molecular weight is 259 g/mol. The molecule has 0 saturated carbocycles. The summed E-state index contributed by atoms with van der Waals surface area (Å²) in [5.74, 6) is -1.31. The second-order valence-corrected chi connectivity index (χ2v) is 1.82. The van der Waals surface area contributed by atoms with E-state index in [1.54, 1.807) is 12.1 Å². The summed E-state index contributed by atoms with van der Waals surface area (Å²) in [5, 5.41) is 17.3. The van der Waals surface area contributed by atoms with Crippen molar-refractivity contribution < 1.29 is 41.2 Å². The van der Waals surface area contributed by atoms with Crippen LogP contribution in [0.4, 0.5) is 0 Å². The molecule has 68 valence electrons. The van der Waals surface area contributed by atoms with Gasteiger partial charge >= 0.3 is 5.97 Å². The van der Waals surface area contributed by atoms with Gasteiger partial charge in [0.2, 0.25) is 0 Å². The maximum atomic E-state index is 10.3. The molecule has 0 aliphatic rings. The topological polar surface area (TPSA) is 57.5 Å². The Kier molecular flexibility index (Phi) is 10.7. The van der Waals surface area contributed by atoms with Gasteiger partial charge in [-0.05, 0) is 12.1 Å². The van der Waals surface area contributed by atoms with Gasteiger partial charge in [-0.1, -0.05) is 12.1 Å². The van der Waals surface area contributed by atoms with Gasteiger partial charge in [0, 0.05) is 41.1 Å². The first kappa shape index (κ1) is 18.0. The van der Waals surface area contributed by atoms with Gasteiger partial charge < -0.3 is 10.2 Å². The van der Waals surface area contributed by atoms with E-state index in [1.807, 2.05) is 0 Å². The molecule has 0 aliphatic heterocycles. The maximum Gasteiger partial charge on any atom is 0.339 e. The van der Waals surface area contributed by atoms with Crippen LogP contribution < -0.4 is 0 Å². The first-order valence-electron chi connectivity index (χ1n) is 2.73. The van der Waals surface area contributed by atoms with Crippen molar-refractivity contribution in [2.45, 2.75) is 0 Å². The van der Waals surface area contributed by atoms with Crippen LogP contribution in [0.5, 0.6) is 5.75 Å². The molecule has 0 unspecified atom stereocenters. The summed E-state index contributed by atoms with van der Waals surface area (Å²) in [6.07, 6.45) is 0. The molecule has 1 aromatic rings. The summed E-state index contributed by atoms with van der Waals surface area (Å²) in [4.78, 5) is 10.3. The molecule has 0 spiro atoms. The molecule has 1 aromatic carbocycles. The predicted octanol–water partition coefficient (Wildman–Crippen LogP) is 1.99. The van der Waals surface area contributed by atoms with E-state index >= 15 is 0 Å². The number of rotatable bonds is 1. The Morgan fingerprint density at radius 1 is 1.15 bits per heavy atom. The Bertz CT molecular complexity index is 261. The van der Waals surface area contributed by atoms with E-state index in [4.69, 9.17) is 10.2 Å². The minimum Gasteiger partial charge on any atom is -0.507 e. The second kappa shape index (κ2) is 7.75. The minimum atomic E-state index is -1.11. The number of hydrogen-bond donors (Lipinski definition) is 2. The predicted molar refractivity (Wildman–Crippen MR) is 47.9 cm³/mol. The van der Waals surface area contributed by atoms with Crippen LogP contribution in [0, 0.1) is 14.9 Å². The van der Waals surface area contributed by atoms with Crippen molar-refractivity contribution >= 4 is 5.97 Å². The van der Waals surface area contributed by atoms with Crippen molar-refractivity contribution in [1.82, 2.24) is 0 Å². The molecular formula is C9H12O3Zr+2. The number of carbonyl (C=O) groups is 1. The molecule has 4 heteroatoms. The molecule has 0 amide bonds. The Hall–Kier alpha value is -0.887. The van der Waals surface area contributed by atoms with Gasteiger partial charge in [0.05, 0.1) is 0 Å². The summed E-state index contributed by atoms with van der Waals surface area (Å²) >= 11 is 0. The standard InChI is InChI=1S/C7H6O3.2CH3.Zr/c8-6-4-2-1-3-5(6)7(9)10;;;/h1-4,8H,(H,9,10);2*1H3;/q;2*+1;. The molecular weight excluding hydrogens is 247 g/mol. The molecule has 0 bridgehead atoms. The first-order chi connectivity index (χ1) is 4.72. The van der Waals surface area contributed by atoms with Crippen molar-refractivity contribution in [2.75, 3.05) is 0 Å². The summed E-state index contributed by atoms with van der Waals surface area (Å²) in [5.41, 5.74) is -0.0671. The monoisotopic (exact) mass is 258 g/mol. The van der Waals surface area contributed by atoms with Gasteiger partial charge in [-0.3, -0.25) is 0 Å². The van der Waals surface area contributed by atoms with Crippen LogP contribution in [0.2, 0.25) is 0 Å². The minimum absolute atomic E-state index is 0. The van der Waals surface area contributed by atoms with Crippen molar-refractivity contribution in [3.63, 3.8) is 0 Å². The third-order valence-corrected chi connectivity index (χ3v) is 1.13. The van der Waals surface area contributed by atoms with Crippen LogP contribution in [0.15, 0.2) is 24.3 Å². The number of para-hydroxylation sites is 1. The molecule has 0 saturated heterocycles. The fourth-order valence-electron chi connectivity index (χ4n) is 0.654. The average Bonchev–Trinajstić information content (AvgIpc) is 1.88. The Morgan fingerprint density at radius 2 is 1.62 bits per heavy atom. The van der Waals surface area contributed by atoms with E-state index in [1.165, 1.54) is 12.1 Å². The van der Waals surface area contributed by atoms with Crippen molar-refractivity contribution in [2.24, 2.45) is 0 Å². The normalized spacial score (nSPS) is 7.08. The first-order valence-corrected chi connectivity index (χ1v) is 2.73. The van der Waals surface area contributed by atoms with Crippen LogP contribution in [0.3, 0.4) is 0 Å². The van der Waals surface area contributed by atoms with E-state index in [2.05, 4.69) is 0 Å². The van der Waals surface area contributed by atoms with Crippen LogP contribution in [-0.2, 0) is 26.2 Å². The van der Waals surface area contributed by atoms with Gasteiger partial charge in [-0.15, -0.1) is 0 Å². The number of carboxylic acid groups (broad SMARTS) is 1. The van der Waals surface area contributed by atoms with Crippen molar-refractivity contribution in [3.8, 4) is 5.75 Å². The zero-order valence-corrected chi connectivity index (χ0v) is 10.1. The number of benzene rings is 1. The van der Waals surface area contributed by atoms with Gasteiger partial charge in [0.1, 0.15) is 11.3 Å². The van der Waals surface area contributed by atoms with Gasteiger partial charge in [-0.25, -0.2) is 4.79 Å². The molecule has 0 fully saturated rings. The number of aromatic hydroxyl groups is 1. The molecule has 13 heavy (non-hydrogen) atoms. The zero-order valence-electron chi connectivity index (χ0n) is 7.61. The summed E-state index contributed by atoms with van der Waals surface area (Å²) in [6.45, 7) is 0. The third-order valence-electron chi connectivity index (χ3n) is 1.13. The van der Waals surface area contributed by atoms with Crippen LogP contribution in [-0.4, -0.2) is 16.2 Å². The number of hydrogen-bond acceptors (Lipinski definition) is 2. The summed E-state index contributed by atoms with van der Waals surface area (Å²) < 4.78 is 0. The number of phenols is 1. The SMILES string of the molecule is O=C(O)c1ccccc1O.[CH3+].[CH3+].[Zr]. The quantitative estimate of drug-likeness (QED) is 0.758. The zero-order chi connectivity index (χ0) is 7.56. The van der Waals surface area contributed by atoms with Gasteiger partial charge in [0.15, 0.2) is 0 Å². The molecule has 0 aromatic heterocycles. The molecule has 0 heterocycles. The van der Waals surface area contributed by atoms with Crippen molar-refractivity contribution in [1.29, 1.82) is 0 Å². The van der Waals surface area contributed by atoms with Crippen LogP contribution in [0.25, 0.3) is 0 Å². The fraction of sp³-hybridized carbons (Fsp3) is 0. The molecule has 2 N–H and O–H groups in total. The van der Waals surface area contributed by atoms with E-state index in [0.29, 0.717) is 0 Å². The maximum absolute atomic E-state index is 10.3. The summed E-state index contributed by atoms with van der Waals surface area (Å²) in [6, 6.07) is 5.81. The largest absolute Gasteiger partial charge is 0.507 e. The van der Waals surface area contributed by atoms with Gasteiger partial charge in [0.25, 0.3) is 0 Å². The van der Waals surface area contributed by atoms with Gasteiger partial charge in [-0.2, -0.15) is 0 Å². The number of aromatic carboxylic acids is 1. The van der Waals surface area contributed by atoms with E-state index < -0.39 is 5.97 Å². The Labute approximate surface area is 97.5 Å². The van der Waals surface area contributed by atoms with Crippen LogP contribution in [0.1, 0.15) is 10.4 Å². The Balaban J connectivity index is -0.000000333. The van der Waals surface area contributed by atoms with E-state index in [-0.39, 0.29) is 52.4 Å². The third kappa shape index (κ3) is 4.63. The molecule has 3 nitrogen and oxygen atoms in total. The number of carboxylic acids is 1. The summed E-state index contributed by atoms with van der Waals surface area (Å²) in [7, 11) is 0. The smallest absolute Gasteiger partial charge is 0.339 e. The van der Waals surface area contributed by atoms with E-state index in [9.17, 15) is 4.79 Å².